The van der Waals surface area contributed by atoms with Crippen molar-refractivity contribution in [3.05, 3.63) is 42.0 Å². The van der Waals surface area contributed by atoms with Gasteiger partial charge in [-0.05, 0) is 5.56 Å². The van der Waals surface area contributed by atoms with Gasteiger partial charge in [0.2, 0.25) is 0 Å². The zero-order valence-electron chi connectivity index (χ0n) is 11.1. The number of benzene rings is 1. The molecule has 1 saturated heterocycles. The van der Waals surface area contributed by atoms with Crippen molar-refractivity contribution in [3.63, 3.8) is 0 Å². The fraction of sp³-hybridized carbons (Fsp3) is 0.308. The van der Waals surface area contributed by atoms with Gasteiger partial charge in [-0.15, -0.1) is 10.2 Å². The molecule has 1 aliphatic rings. The third-order valence-corrected chi connectivity index (χ3v) is 2.87. The Bertz CT molecular complexity index is 471. The Kier molecular flexibility index (Phi) is 7.84. The van der Waals surface area contributed by atoms with Gasteiger partial charge < -0.3 is 4.74 Å². The molecule has 1 fully saturated rings. The number of hydrogen-bond donors (Lipinski definition) is 0. The molecule has 1 aromatic rings. The zero-order chi connectivity index (χ0) is 15.7. The number of rotatable bonds is 2. The van der Waals surface area contributed by atoms with Gasteiger partial charge in [0, 0.05) is 6.08 Å². The van der Waals surface area contributed by atoms with E-state index in [0.29, 0.717) is 0 Å². The zero-order valence-corrected chi connectivity index (χ0v) is 12.6. The van der Waals surface area contributed by atoms with Crippen LogP contribution in [0.3, 0.4) is 0 Å². The second-order valence-electron chi connectivity index (χ2n) is 4.06. The van der Waals surface area contributed by atoms with Gasteiger partial charge >= 0.3 is 0 Å². The van der Waals surface area contributed by atoms with Crippen LogP contribution in [0.25, 0.3) is 5.03 Å². The number of hydrogen-bond acceptors (Lipinski definition) is 5. The molecule has 0 amide bonds. The molecule has 0 bridgehead atoms. The molecule has 0 unspecified atom stereocenters. The van der Waals surface area contributed by atoms with E-state index in [1.807, 2.05) is 42.6 Å². The molecule has 8 heteroatoms. The summed E-state index contributed by atoms with van der Waals surface area (Å²) < 4.78 is 41.5. The summed E-state index contributed by atoms with van der Waals surface area (Å²) in [6, 6.07) is 9.97. The quantitative estimate of drug-likeness (QED) is 0.561. The van der Waals surface area contributed by atoms with Crippen LogP contribution in [0.2, 0.25) is 0 Å². The van der Waals surface area contributed by atoms with E-state index < -0.39 is 10.2 Å². The Balaban J connectivity index is 0.000000383. The third kappa shape index (κ3) is 9.54. The lowest BCUT2D eigenvalue weighted by atomic mass is 10.2. The predicted molar refractivity (Wildman–Crippen MR) is 67.1 cm³/mol. The molecule has 0 N–H and O–H groups in total. The summed E-state index contributed by atoms with van der Waals surface area (Å²) in [5, 5.41) is 0.770. The van der Waals surface area contributed by atoms with Crippen molar-refractivity contribution in [1.82, 2.24) is 0 Å². The molecule has 0 spiro atoms. The van der Waals surface area contributed by atoms with Crippen molar-refractivity contribution in [2.75, 3.05) is 26.3 Å². The highest BCUT2D eigenvalue weighted by molar-refractivity contribution is 6.49. The van der Waals surface area contributed by atoms with Crippen molar-refractivity contribution in [3.8, 4) is 0 Å². The Morgan fingerprint density at radius 1 is 1.10 bits per heavy atom. The van der Waals surface area contributed by atoms with Crippen LogP contribution >= 0.6 is 11.6 Å². The van der Waals surface area contributed by atoms with Gasteiger partial charge in [0.25, 0.3) is 0 Å². The minimum atomic E-state index is -4.94. The predicted octanol–water partition coefficient (Wildman–Crippen LogP) is -2.38. The lowest BCUT2D eigenvalue weighted by Crippen LogP contribution is -2.68. The maximum absolute atomic E-state index is 8.49. The molecule has 0 saturated carbocycles. The van der Waals surface area contributed by atoms with Gasteiger partial charge in [-0.1, -0.05) is 41.9 Å². The SMILES string of the molecule is Cl/C(=C\C=[N+]1CCOCC1)c1ccccc1.[O-][Cl+3]([O-])([O-])[O-]. The minimum absolute atomic E-state index is 0.770. The fourth-order valence-electron chi connectivity index (χ4n) is 1.59. The van der Waals surface area contributed by atoms with Crippen LogP contribution in [-0.4, -0.2) is 37.1 Å². The fourth-order valence-corrected chi connectivity index (χ4v) is 1.77. The molecular formula is C13H15Cl2NO5. The summed E-state index contributed by atoms with van der Waals surface area (Å²) in [6.07, 6.45) is 3.99. The van der Waals surface area contributed by atoms with Gasteiger partial charge in [0.15, 0.2) is 19.3 Å². The average molecular weight is 336 g/mol. The average Bonchev–Trinajstić information content (AvgIpc) is 2.45. The van der Waals surface area contributed by atoms with Crippen LogP contribution in [0.5, 0.6) is 0 Å². The first-order valence-corrected chi connectivity index (χ1v) is 7.67. The van der Waals surface area contributed by atoms with E-state index in [2.05, 4.69) is 4.58 Å². The largest absolute Gasteiger partial charge is 0.368 e. The maximum atomic E-state index is 8.49. The second kappa shape index (κ2) is 9.11. The molecule has 1 aliphatic heterocycles. The molecule has 0 aliphatic carbocycles. The number of morpholine rings is 1. The molecule has 0 atom stereocenters. The normalized spacial score (nSPS) is 16.0. The van der Waals surface area contributed by atoms with Crippen LogP contribution in [0, 0.1) is 10.2 Å². The Morgan fingerprint density at radius 3 is 2.14 bits per heavy atom. The number of nitrogens with zero attached hydrogens (tertiary/aromatic N) is 1. The summed E-state index contributed by atoms with van der Waals surface area (Å²) in [5.74, 6) is 0. The van der Waals surface area contributed by atoms with Crippen molar-refractivity contribution in [2.24, 2.45) is 0 Å². The van der Waals surface area contributed by atoms with E-state index >= 15 is 0 Å². The number of halogens is 2. The van der Waals surface area contributed by atoms with E-state index in [9.17, 15) is 0 Å². The molecule has 0 radical (unpaired) electrons. The van der Waals surface area contributed by atoms with E-state index in [1.165, 1.54) is 0 Å². The number of ether oxygens (including phenoxy) is 1. The van der Waals surface area contributed by atoms with E-state index in [4.69, 9.17) is 35.0 Å². The van der Waals surface area contributed by atoms with E-state index in [0.717, 1.165) is 36.9 Å². The molecule has 0 aromatic heterocycles. The Labute approximate surface area is 129 Å². The minimum Gasteiger partial charge on any atom is -0.368 e. The topological polar surface area (TPSA) is 104 Å². The van der Waals surface area contributed by atoms with Crippen molar-refractivity contribution < 1.29 is 38.2 Å². The Hall–Kier alpha value is -0.990. The molecule has 21 heavy (non-hydrogen) atoms. The summed E-state index contributed by atoms with van der Waals surface area (Å²) in [6.45, 7) is 3.48. The van der Waals surface area contributed by atoms with Gasteiger partial charge in [-0.2, -0.15) is 0 Å². The highest BCUT2D eigenvalue weighted by atomic mass is 35.7. The molecular weight excluding hydrogens is 321 g/mol. The van der Waals surface area contributed by atoms with Crippen LogP contribution in [0.4, 0.5) is 0 Å². The monoisotopic (exact) mass is 335 g/mol. The third-order valence-electron chi connectivity index (χ3n) is 2.53. The summed E-state index contributed by atoms with van der Waals surface area (Å²) in [7, 11) is -4.94. The summed E-state index contributed by atoms with van der Waals surface area (Å²) in [5.41, 5.74) is 1.05. The van der Waals surface area contributed by atoms with Crippen molar-refractivity contribution in [1.29, 1.82) is 0 Å². The second-order valence-corrected chi connectivity index (χ2v) is 5.22. The molecule has 6 nitrogen and oxygen atoms in total. The van der Waals surface area contributed by atoms with Crippen molar-refractivity contribution in [2.45, 2.75) is 0 Å². The van der Waals surface area contributed by atoms with Crippen molar-refractivity contribution >= 4 is 22.8 Å². The van der Waals surface area contributed by atoms with Gasteiger partial charge in [0.1, 0.15) is 13.2 Å². The standard InChI is InChI=1S/C13H15ClNO.ClHO4/c14-13(12-4-2-1-3-5-12)6-7-15-8-10-16-11-9-15;2-1(3,4)5/h1-7H,8-11H2;(H,2,3,4,5)/q+1;/p-1/b13-6-;. The van der Waals surface area contributed by atoms with Gasteiger partial charge in [-0.25, -0.2) is 23.2 Å². The van der Waals surface area contributed by atoms with E-state index in [1.54, 1.807) is 0 Å². The molecule has 2 rings (SSSR count). The van der Waals surface area contributed by atoms with E-state index in [-0.39, 0.29) is 0 Å². The summed E-state index contributed by atoms with van der Waals surface area (Å²) in [4.78, 5) is 0. The Morgan fingerprint density at radius 2 is 1.62 bits per heavy atom. The van der Waals surface area contributed by atoms with Crippen LogP contribution in [0.1, 0.15) is 5.56 Å². The molecule has 1 aromatic carbocycles. The highest BCUT2D eigenvalue weighted by Gasteiger charge is 2.09. The number of allylic oxidation sites excluding steroid dienone is 1. The molecule has 116 valence electrons. The lowest BCUT2D eigenvalue weighted by Gasteiger charge is -2.17. The smallest absolute Gasteiger partial charge is 0.166 e. The first kappa shape index (κ1) is 18.1. The summed E-state index contributed by atoms with van der Waals surface area (Å²) >= 11 is 6.20. The lowest BCUT2D eigenvalue weighted by molar-refractivity contribution is -2.00. The van der Waals surface area contributed by atoms with Crippen LogP contribution in [-0.2, 0) is 4.74 Å². The first-order chi connectivity index (χ1) is 9.86. The van der Waals surface area contributed by atoms with Crippen LogP contribution < -0.4 is 18.6 Å². The van der Waals surface area contributed by atoms with Gasteiger partial charge in [0.05, 0.1) is 5.03 Å². The molecule has 1 heterocycles. The maximum Gasteiger partial charge on any atom is 0.166 e. The van der Waals surface area contributed by atoms with Gasteiger partial charge in [-0.3, -0.25) is 0 Å². The first-order valence-electron chi connectivity index (χ1n) is 6.06. The highest BCUT2D eigenvalue weighted by Crippen LogP contribution is 2.16. The van der Waals surface area contributed by atoms with Crippen LogP contribution in [0.15, 0.2) is 36.4 Å².